The lowest BCUT2D eigenvalue weighted by Crippen LogP contribution is -2.47. The molecule has 1 saturated heterocycles. The van der Waals surface area contributed by atoms with Crippen molar-refractivity contribution in [1.29, 1.82) is 0 Å². The zero-order chi connectivity index (χ0) is 8.70. The van der Waals surface area contributed by atoms with E-state index in [4.69, 9.17) is 0 Å². The first-order chi connectivity index (χ1) is 4.90. The molecule has 1 nitrogen and oxygen atoms in total. The Labute approximate surface area is 71.0 Å². The van der Waals surface area contributed by atoms with Crippen LogP contribution in [-0.4, -0.2) is 30.7 Å². The number of nitrogens with zero attached hydrogens (tertiary/aromatic N) is 1. The third-order valence-corrected chi connectivity index (χ3v) is 3.42. The quantitative estimate of drug-likeness (QED) is 0.511. The van der Waals surface area contributed by atoms with E-state index in [9.17, 15) is 0 Å². The van der Waals surface area contributed by atoms with E-state index < -0.39 is 0 Å². The lowest BCUT2D eigenvalue weighted by molar-refractivity contribution is -0.919. The standard InChI is InChI=1S/C10H22N/c1-6-11(5)8-10(3,4)7-9(11)2/h9H,6-8H2,1-5H3/q+1. The summed E-state index contributed by atoms with van der Waals surface area (Å²) in [6.45, 7) is 12.1. The Morgan fingerprint density at radius 3 is 2.18 bits per heavy atom. The van der Waals surface area contributed by atoms with Crippen molar-refractivity contribution in [3.63, 3.8) is 0 Å². The summed E-state index contributed by atoms with van der Waals surface area (Å²) in [7, 11) is 2.39. The second-order valence-corrected chi connectivity index (χ2v) is 5.17. The summed E-state index contributed by atoms with van der Waals surface area (Å²) >= 11 is 0. The van der Waals surface area contributed by atoms with E-state index >= 15 is 0 Å². The fourth-order valence-electron chi connectivity index (χ4n) is 2.64. The third-order valence-electron chi connectivity index (χ3n) is 3.42. The average molecular weight is 156 g/mol. The second-order valence-electron chi connectivity index (χ2n) is 5.17. The summed E-state index contributed by atoms with van der Waals surface area (Å²) in [5.74, 6) is 0. The summed E-state index contributed by atoms with van der Waals surface area (Å²) in [4.78, 5) is 0. The Bertz CT molecular complexity index is 151. The molecule has 11 heavy (non-hydrogen) atoms. The Kier molecular flexibility index (Phi) is 2.04. The fourth-order valence-corrected chi connectivity index (χ4v) is 2.64. The van der Waals surface area contributed by atoms with Crippen molar-refractivity contribution >= 4 is 0 Å². The summed E-state index contributed by atoms with van der Waals surface area (Å²) < 4.78 is 1.27. The van der Waals surface area contributed by atoms with Crippen molar-refractivity contribution in [1.82, 2.24) is 0 Å². The van der Waals surface area contributed by atoms with Crippen molar-refractivity contribution in [2.75, 3.05) is 20.1 Å². The molecule has 0 radical (unpaired) electrons. The third kappa shape index (κ3) is 1.58. The minimum absolute atomic E-state index is 0.574. The zero-order valence-corrected chi connectivity index (χ0v) is 8.65. The Balaban J connectivity index is 2.73. The van der Waals surface area contributed by atoms with Gasteiger partial charge in [-0.15, -0.1) is 0 Å². The maximum Gasteiger partial charge on any atom is 0.0867 e. The van der Waals surface area contributed by atoms with Gasteiger partial charge in [-0.25, -0.2) is 0 Å². The van der Waals surface area contributed by atoms with Crippen LogP contribution in [0.1, 0.15) is 34.1 Å². The summed E-state index contributed by atoms with van der Waals surface area (Å²) in [5, 5.41) is 0. The Morgan fingerprint density at radius 1 is 1.45 bits per heavy atom. The number of quaternary nitrogens is 1. The largest absolute Gasteiger partial charge is 0.324 e. The number of hydrogen-bond donors (Lipinski definition) is 0. The van der Waals surface area contributed by atoms with Gasteiger partial charge in [0.15, 0.2) is 0 Å². The van der Waals surface area contributed by atoms with Crippen LogP contribution < -0.4 is 0 Å². The minimum atomic E-state index is 0.574. The van der Waals surface area contributed by atoms with Crippen LogP contribution in [0, 0.1) is 5.41 Å². The first-order valence-corrected chi connectivity index (χ1v) is 4.74. The van der Waals surface area contributed by atoms with E-state index in [1.807, 2.05) is 0 Å². The monoisotopic (exact) mass is 156 g/mol. The maximum atomic E-state index is 2.39. The van der Waals surface area contributed by atoms with Gasteiger partial charge >= 0.3 is 0 Å². The maximum absolute atomic E-state index is 2.39. The minimum Gasteiger partial charge on any atom is -0.324 e. The Hall–Kier alpha value is -0.0400. The van der Waals surface area contributed by atoms with Gasteiger partial charge in [0.2, 0.25) is 0 Å². The van der Waals surface area contributed by atoms with Crippen LogP contribution >= 0.6 is 0 Å². The van der Waals surface area contributed by atoms with E-state index in [1.54, 1.807) is 0 Å². The van der Waals surface area contributed by atoms with Crippen LogP contribution in [0.3, 0.4) is 0 Å². The lowest BCUT2D eigenvalue weighted by Gasteiger charge is -2.33. The van der Waals surface area contributed by atoms with Gasteiger partial charge in [-0.2, -0.15) is 0 Å². The van der Waals surface area contributed by atoms with Crippen LogP contribution in [0.25, 0.3) is 0 Å². The highest BCUT2D eigenvalue weighted by atomic mass is 15.4. The summed E-state index contributed by atoms with van der Waals surface area (Å²) in [6.07, 6.45) is 1.39. The average Bonchev–Trinajstić information content (AvgIpc) is 2.03. The highest BCUT2D eigenvalue weighted by Gasteiger charge is 2.44. The topological polar surface area (TPSA) is 0 Å². The van der Waals surface area contributed by atoms with Gasteiger partial charge in [-0.05, 0) is 13.8 Å². The number of rotatable bonds is 1. The second kappa shape index (κ2) is 2.48. The molecule has 0 bridgehead atoms. The summed E-state index contributed by atoms with van der Waals surface area (Å²) in [6, 6.07) is 0.856. The fraction of sp³-hybridized carbons (Fsp3) is 1.00. The number of likely N-dealkylation sites (tertiary alicyclic amines) is 1. The first-order valence-electron chi connectivity index (χ1n) is 4.74. The van der Waals surface area contributed by atoms with Crippen LogP contribution in [0.4, 0.5) is 0 Å². The molecule has 1 aliphatic rings. The zero-order valence-electron chi connectivity index (χ0n) is 8.65. The molecule has 2 atom stereocenters. The van der Waals surface area contributed by atoms with Crippen LogP contribution in [0.15, 0.2) is 0 Å². The van der Waals surface area contributed by atoms with Crippen LogP contribution in [-0.2, 0) is 0 Å². The first kappa shape index (κ1) is 9.05. The predicted molar refractivity (Wildman–Crippen MR) is 49.5 cm³/mol. The highest BCUT2D eigenvalue weighted by Crippen LogP contribution is 2.37. The molecular formula is C10H22N+. The normalized spacial score (nSPS) is 42.8. The molecule has 2 unspecified atom stereocenters. The van der Waals surface area contributed by atoms with E-state index in [2.05, 4.69) is 34.7 Å². The van der Waals surface area contributed by atoms with Crippen LogP contribution in [0.2, 0.25) is 0 Å². The van der Waals surface area contributed by atoms with E-state index in [0.29, 0.717) is 5.41 Å². The molecule has 0 spiro atoms. The Morgan fingerprint density at radius 2 is 2.00 bits per heavy atom. The smallest absolute Gasteiger partial charge is 0.0867 e. The van der Waals surface area contributed by atoms with Gasteiger partial charge in [-0.1, -0.05) is 13.8 Å². The molecule has 0 aromatic rings. The SMILES string of the molecule is CC[N+]1(C)CC(C)(C)CC1C. The molecule has 0 aliphatic carbocycles. The van der Waals surface area contributed by atoms with Gasteiger partial charge in [0.1, 0.15) is 0 Å². The molecule has 1 fully saturated rings. The van der Waals surface area contributed by atoms with Crippen LogP contribution in [0.5, 0.6) is 0 Å². The van der Waals surface area contributed by atoms with Crippen molar-refractivity contribution < 1.29 is 4.48 Å². The molecule has 66 valence electrons. The molecule has 0 aromatic carbocycles. The summed E-state index contributed by atoms with van der Waals surface area (Å²) in [5.41, 5.74) is 0.574. The van der Waals surface area contributed by atoms with E-state index in [-0.39, 0.29) is 0 Å². The van der Waals surface area contributed by atoms with E-state index in [1.165, 1.54) is 24.0 Å². The predicted octanol–water partition coefficient (Wildman–Crippen LogP) is 2.27. The van der Waals surface area contributed by atoms with Crippen molar-refractivity contribution in [3.8, 4) is 0 Å². The number of hydrogen-bond acceptors (Lipinski definition) is 0. The molecule has 0 aromatic heterocycles. The molecule has 0 amide bonds. The molecule has 0 N–H and O–H groups in total. The molecule has 1 heterocycles. The molecule has 1 heteroatoms. The van der Waals surface area contributed by atoms with Crippen molar-refractivity contribution in [3.05, 3.63) is 0 Å². The highest BCUT2D eigenvalue weighted by molar-refractivity contribution is 4.78. The molecule has 0 saturated carbocycles. The van der Waals surface area contributed by atoms with Gasteiger partial charge in [-0.3, -0.25) is 0 Å². The van der Waals surface area contributed by atoms with Gasteiger partial charge in [0, 0.05) is 11.8 Å². The van der Waals surface area contributed by atoms with Crippen molar-refractivity contribution in [2.45, 2.75) is 40.2 Å². The van der Waals surface area contributed by atoms with Crippen molar-refractivity contribution in [2.24, 2.45) is 5.41 Å². The van der Waals surface area contributed by atoms with Gasteiger partial charge in [0.05, 0.1) is 26.2 Å². The molecule has 1 rings (SSSR count). The van der Waals surface area contributed by atoms with Gasteiger partial charge in [0.25, 0.3) is 0 Å². The van der Waals surface area contributed by atoms with E-state index in [0.717, 1.165) is 6.04 Å². The molecular weight excluding hydrogens is 134 g/mol. The van der Waals surface area contributed by atoms with Gasteiger partial charge < -0.3 is 4.48 Å². The lowest BCUT2D eigenvalue weighted by atomic mass is 9.91. The molecule has 1 aliphatic heterocycles.